The van der Waals surface area contributed by atoms with E-state index in [1.807, 2.05) is 25.2 Å². The van der Waals surface area contributed by atoms with Crippen LogP contribution in [0.5, 0.6) is 5.88 Å². The van der Waals surface area contributed by atoms with Gasteiger partial charge in [-0.05, 0) is 12.1 Å². The molecule has 0 aliphatic carbocycles. The summed E-state index contributed by atoms with van der Waals surface area (Å²) < 4.78 is 9.99. The van der Waals surface area contributed by atoms with Crippen molar-refractivity contribution in [2.45, 2.75) is 13.0 Å². The van der Waals surface area contributed by atoms with Gasteiger partial charge in [0.05, 0.1) is 13.5 Å². The molecule has 112 valence electrons. The van der Waals surface area contributed by atoms with Crippen molar-refractivity contribution < 1.29 is 19.3 Å². The number of nitrogens with zero attached hydrogens (tertiary/aromatic N) is 2. The molecular weight excluding hydrogens is 270 g/mol. The lowest BCUT2D eigenvalue weighted by Gasteiger charge is -2.23. The first-order chi connectivity index (χ1) is 10.2. The molecule has 1 aliphatic heterocycles. The normalized spacial score (nSPS) is 15.1. The maximum atomic E-state index is 10.7. The molecule has 0 saturated carbocycles. The Morgan fingerprint density at radius 1 is 1.48 bits per heavy atom. The topological polar surface area (TPSA) is 67.4 Å². The monoisotopic (exact) mass is 290 g/mol. The molecule has 3 rings (SSSR count). The number of carboxylic acids is 1. The van der Waals surface area contributed by atoms with Gasteiger partial charge in [-0.25, -0.2) is 0 Å². The lowest BCUT2D eigenvalue weighted by Crippen LogP contribution is -2.54. The summed E-state index contributed by atoms with van der Waals surface area (Å²) in [6, 6.07) is 8.04. The molecule has 1 aliphatic rings. The van der Waals surface area contributed by atoms with Crippen LogP contribution < -0.4 is 14.7 Å². The highest BCUT2D eigenvalue weighted by Crippen LogP contribution is 2.23. The number of benzene rings is 1. The smallest absolute Gasteiger partial charge is 0.401 e. The second-order valence-electron chi connectivity index (χ2n) is 5.44. The molecule has 0 radical (unpaired) electrons. The minimum absolute atomic E-state index is 0.00814. The number of carbonyl (C=O) groups is 1. The number of hydrogen-bond donors (Lipinski definition) is 2. The van der Waals surface area contributed by atoms with Crippen LogP contribution in [0.4, 0.5) is 0 Å². The Kier molecular flexibility index (Phi) is 3.79. The number of aryl methyl sites for hydroxylation is 1. The minimum atomic E-state index is -0.843. The van der Waals surface area contributed by atoms with Crippen LogP contribution in [0.2, 0.25) is 0 Å². The summed E-state index contributed by atoms with van der Waals surface area (Å²) in [4.78, 5) is 10.7. The van der Waals surface area contributed by atoms with Gasteiger partial charge in [0.25, 0.3) is 0 Å². The molecule has 0 spiro atoms. The molecule has 2 heterocycles. The molecule has 1 aromatic carbocycles. The van der Waals surface area contributed by atoms with Crippen molar-refractivity contribution in [2.24, 2.45) is 13.0 Å². The molecule has 0 atom stereocenters. The average molecular weight is 290 g/mol. The van der Waals surface area contributed by atoms with Crippen molar-refractivity contribution in [3.05, 3.63) is 24.3 Å². The van der Waals surface area contributed by atoms with Crippen molar-refractivity contribution in [1.29, 1.82) is 0 Å². The summed E-state index contributed by atoms with van der Waals surface area (Å²) in [5.41, 5.74) is 1.09. The number of ether oxygens (including phenoxy) is 1. The first-order valence-electron chi connectivity index (χ1n) is 7.19. The quantitative estimate of drug-likeness (QED) is 0.762. The van der Waals surface area contributed by atoms with E-state index in [2.05, 4.69) is 20.7 Å². The van der Waals surface area contributed by atoms with Crippen LogP contribution in [-0.2, 0) is 18.4 Å². The summed E-state index contributed by atoms with van der Waals surface area (Å²) in [6.45, 7) is 3.10. The number of carboxylic acid groups (broad SMARTS) is 1. The Bertz CT molecular complexity index is 661. The Balaban J connectivity index is 1.92. The highest BCUT2D eigenvalue weighted by molar-refractivity contribution is 5.82. The van der Waals surface area contributed by atoms with Crippen LogP contribution in [0, 0.1) is 5.92 Å². The van der Waals surface area contributed by atoms with Gasteiger partial charge in [0.2, 0.25) is 0 Å². The minimum Gasteiger partial charge on any atom is -0.481 e. The number of para-hydroxylation sites is 1. The maximum Gasteiger partial charge on any atom is 0.401 e. The molecule has 1 fully saturated rings. The van der Waals surface area contributed by atoms with Crippen molar-refractivity contribution in [3.63, 3.8) is 0 Å². The molecule has 0 unspecified atom stereocenters. The maximum absolute atomic E-state index is 10.7. The third kappa shape index (κ3) is 2.71. The molecule has 1 saturated heterocycles. The van der Waals surface area contributed by atoms with Crippen LogP contribution in [0.3, 0.4) is 0 Å². The van der Waals surface area contributed by atoms with E-state index in [9.17, 15) is 4.79 Å². The second-order valence-corrected chi connectivity index (χ2v) is 5.44. The standard InChI is InChI=1S/C15H19N3O3/c1-17-13-5-3-2-4-12(13)15(21-7-6-14(19)20)18(17)10-11-8-16-9-11/h2-5,11,16H,6-10H2,1H3/p+1. The Morgan fingerprint density at radius 2 is 2.24 bits per heavy atom. The molecule has 2 N–H and O–H groups in total. The summed E-state index contributed by atoms with van der Waals surface area (Å²) >= 11 is 0. The Labute approximate surface area is 122 Å². The summed E-state index contributed by atoms with van der Waals surface area (Å²) in [7, 11) is 2.01. The first kappa shape index (κ1) is 13.9. The summed E-state index contributed by atoms with van der Waals surface area (Å²) in [5.74, 6) is 0.520. The molecule has 0 amide bonds. The van der Waals surface area contributed by atoms with E-state index in [1.54, 1.807) is 0 Å². The Morgan fingerprint density at radius 3 is 2.90 bits per heavy atom. The van der Waals surface area contributed by atoms with Crippen molar-refractivity contribution >= 4 is 16.9 Å². The predicted octanol–water partition coefficient (Wildman–Crippen LogP) is 0.539. The fourth-order valence-corrected chi connectivity index (χ4v) is 2.66. The van der Waals surface area contributed by atoms with Gasteiger partial charge in [0, 0.05) is 19.0 Å². The Hall–Kier alpha value is -2.08. The highest BCUT2D eigenvalue weighted by atomic mass is 16.5. The molecular formula is C15H20N3O3+. The fourth-order valence-electron chi connectivity index (χ4n) is 2.66. The molecule has 2 aromatic rings. The fraction of sp³-hybridized carbons (Fsp3) is 0.467. The first-order valence-corrected chi connectivity index (χ1v) is 7.19. The van der Waals surface area contributed by atoms with E-state index < -0.39 is 5.97 Å². The molecule has 0 bridgehead atoms. The largest absolute Gasteiger partial charge is 0.481 e. The predicted molar refractivity (Wildman–Crippen MR) is 77.2 cm³/mol. The number of fused-ring (bicyclic) bond motifs is 1. The van der Waals surface area contributed by atoms with Crippen LogP contribution in [0.25, 0.3) is 10.9 Å². The average Bonchev–Trinajstić information content (AvgIpc) is 2.68. The lowest BCUT2D eigenvalue weighted by molar-refractivity contribution is -0.779. The second kappa shape index (κ2) is 5.73. The van der Waals surface area contributed by atoms with E-state index in [0.717, 1.165) is 36.4 Å². The van der Waals surface area contributed by atoms with Gasteiger partial charge in [-0.1, -0.05) is 16.8 Å². The zero-order valence-electron chi connectivity index (χ0n) is 12.1. The third-order valence-electron chi connectivity index (χ3n) is 3.93. The number of hydrogen-bond acceptors (Lipinski definition) is 3. The highest BCUT2D eigenvalue weighted by Gasteiger charge is 2.30. The number of rotatable bonds is 6. The molecule has 6 heteroatoms. The van der Waals surface area contributed by atoms with Crippen LogP contribution in [0.1, 0.15) is 6.42 Å². The summed E-state index contributed by atoms with van der Waals surface area (Å²) in [5, 5.41) is 13.1. The van der Waals surface area contributed by atoms with E-state index in [1.165, 1.54) is 0 Å². The zero-order chi connectivity index (χ0) is 14.8. The SMILES string of the molecule is Cn1c2ccccc2c(OCCC(=O)O)[n+]1CC1CNC1. The zero-order valence-corrected chi connectivity index (χ0v) is 12.1. The van der Waals surface area contributed by atoms with Crippen LogP contribution in [0.15, 0.2) is 24.3 Å². The lowest BCUT2D eigenvalue weighted by atomic mass is 10.0. The van der Waals surface area contributed by atoms with E-state index in [0.29, 0.717) is 5.92 Å². The van der Waals surface area contributed by atoms with E-state index in [-0.39, 0.29) is 13.0 Å². The number of aromatic nitrogens is 2. The molecule has 1 aromatic heterocycles. The van der Waals surface area contributed by atoms with Crippen molar-refractivity contribution in [3.8, 4) is 5.88 Å². The molecule has 6 nitrogen and oxygen atoms in total. The van der Waals surface area contributed by atoms with E-state index in [4.69, 9.17) is 9.84 Å². The summed E-state index contributed by atoms with van der Waals surface area (Å²) in [6.07, 6.45) is 0.00814. The van der Waals surface area contributed by atoms with Crippen molar-refractivity contribution in [1.82, 2.24) is 10.00 Å². The number of nitrogens with one attached hydrogen (secondary N) is 1. The van der Waals surface area contributed by atoms with Gasteiger partial charge < -0.3 is 15.2 Å². The van der Waals surface area contributed by atoms with E-state index >= 15 is 0 Å². The van der Waals surface area contributed by atoms with Crippen molar-refractivity contribution in [2.75, 3.05) is 19.7 Å². The van der Waals surface area contributed by atoms with Crippen LogP contribution >= 0.6 is 0 Å². The van der Waals surface area contributed by atoms with Crippen LogP contribution in [-0.4, -0.2) is 35.5 Å². The number of aliphatic carboxylic acids is 1. The van der Waals surface area contributed by atoms with Gasteiger partial charge in [0.15, 0.2) is 6.54 Å². The third-order valence-corrected chi connectivity index (χ3v) is 3.93. The van der Waals surface area contributed by atoms with Gasteiger partial charge in [-0.3, -0.25) is 4.79 Å². The molecule has 21 heavy (non-hydrogen) atoms. The van der Waals surface area contributed by atoms with Gasteiger partial charge in [-0.15, -0.1) is 0 Å². The van der Waals surface area contributed by atoms with Gasteiger partial charge in [0.1, 0.15) is 17.5 Å². The van der Waals surface area contributed by atoms with Gasteiger partial charge in [-0.2, -0.15) is 4.68 Å². The van der Waals surface area contributed by atoms with Gasteiger partial charge >= 0.3 is 11.8 Å².